The summed E-state index contributed by atoms with van der Waals surface area (Å²) in [5, 5.41) is 8.09. The van der Waals surface area contributed by atoms with Crippen LogP contribution < -0.4 is 0 Å². The van der Waals surface area contributed by atoms with Crippen molar-refractivity contribution in [2.45, 2.75) is 18.9 Å². The largest absolute Gasteiger partial charge is 0.302 e. The van der Waals surface area contributed by atoms with Gasteiger partial charge < -0.3 is 4.90 Å². The molecule has 0 spiro atoms. The first-order chi connectivity index (χ1) is 12.6. The fourth-order valence-electron chi connectivity index (χ4n) is 3.72. The lowest BCUT2D eigenvalue weighted by atomic mass is 9.85. The van der Waals surface area contributed by atoms with E-state index in [1.165, 1.54) is 18.2 Å². The zero-order valence-corrected chi connectivity index (χ0v) is 14.5. The topological polar surface area (TPSA) is 29.0 Å². The number of fused-ring (bicyclic) bond motifs is 1. The van der Waals surface area contributed by atoms with Crippen LogP contribution in [0.25, 0.3) is 11.3 Å². The average molecular weight is 351 g/mol. The number of benzene rings is 2. The molecule has 1 aliphatic rings. The van der Waals surface area contributed by atoms with Crippen molar-refractivity contribution in [3.05, 3.63) is 83.1 Å². The maximum Gasteiger partial charge on any atom is 0.129 e. The van der Waals surface area contributed by atoms with E-state index in [2.05, 4.69) is 21.2 Å². The number of rotatable bonds is 2. The number of nitrogens with zero attached hydrogens (tertiary/aromatic N) is 3. The van der Waals surface area contributed by atoms with Gasteiger partial charge in [0.2, 0.25) is 0 Å². The molecule has 0 amide bonds. The Labute approximate surface area is 151 Å². The molecule has 0 N–H and O–H groups in total. The third kappa shape index (κ3) is 3.10. The summed E-state index contributed by atoms with van der Waals surface area (Å²) in [6.07, 6.45) is 2.31. The van der Waals surface area contributed by atoms with Crippen LogP contribution in [-0.4, -0.2) is 28.7 Å². The standard InChI is InChI=1S/C21H19F2N3/c1-26-11-9-17(21-18(22)4-2-5-19(21)23)16-8-7-14(12-15(16)13-26)20-6-3-10-24-25-20/h2-8,10,12,17H,9,11,13H2,1H3. The second-order valence-corrected chi connectivity index (χ2v) is 6.74. The smallest absolute Gasteiger partial charge is 0.129 e. The summed E-state index contributed by atoms with van der Waals surface area (Å²) < 4.78 is 28.9. The maximum atomic E-state index is 14.4. The molecule has 3 nitrogen and oxygen atoms in total. The normalized spacial score (nSPS) is 17.6. The summed E-state index contributed by atoms with van der Waals surface area (Å²) >= 11 is 0. The van der Waals surface area contributed by atoms with Crippen molar-refractivity contribution >= 4 is 0 Å². The molecule has 1 atom stereocenters. The number of halogens is 2. The van der Waals surface area contributed by atoms with Crippen LogP contribution in [0.4, 0.5) is 8.78 Å². The summed E-state index contributed by atoms with van der Waals surface area (Å²) in [5.41, 5.74) is 3.96. The highest BCUT2D eigenvalue weighted by Gasteiger charge is 2.27. The lowest BCUT2D eigenvalue weighted by Gasteiger charge is -2.19. The zero-order valence-electron chi connectivity index (χ0n) is 14.5. The minimum absolute atomic E-state index is 0.163. The Morgan fingerprint density at radius 1 is 1.04 bits per heavy atom. The van der Waals surface area contributed by atoms with Gasteiger partial charge in [-0.05, 0) is 61.5 Å². The Hall–Kier alpha value is -2.66. The van der Waals surface area contributed by atoms with E-state index in [1.807, 2.05) is 31.3 Å². The first-order valence-corrected chi connectivity index (χ1v) is 8.67. The van der Waals surface area contributed by atoms with E-state index < -0.39 is 11.6 Å². The molecule has 4 rings (SSSR count). The van der Waals surface area contributed by atoms with Gasteiger partial charge in [0, 0.05) is 29.8 Å². The van der Waals surface area contributed by atoms with Gasteiger partial charge in [0.05, 0.1) is 5.69 Å². The third-order valence-electron chi connectivity index (χ3n) is 4.97. The molecule has 1 unspecified atom stereocenters. The van der Waals surface area contributed by atoms with Crippen LogP contribution in [0.2, 0.25) is 0 Å². The number of aromatic nitrogens is 2. The molecule has 2 aromatic carbocycles. The van der Waals surface area contributed by atoms with E-state index in [4.69, 9.17) is 0 Å². The molecule has 0 saturated carbocycles. The molecule has 132 valence electrons. The van der Waals surface area contributed by atoms with Crippen LogP contribution in [0.5, 0.6) is 0 Å². The van der Waals surface area contributed by atoms with Crippen molar-refractivity contribution in [3.8, 4) is 11.3 Å². The fraction of sp³-hybridized carbons (Fsp3) is 0.238. The lowest BCUT2D eigenvalue weighted by Crippen LogP contribution is -2.17. The van der Waals surface area contributed by atoms with Crippen LogP contribution in [0, 0.1) is 11.6 Å². The van der Waals surface area contributed by atoms with Gasteiger partial charge in [-0.2, -0.15) is 10.2 Å². The molecule has 3 aromatic rings. The van der Waals surface area contributed by atoms with E-state index in [0.717, 1.165) is 35.5 Å². The van der Waals surface area contributed by atoms with Gasteiger partial charge in [0.1, 0.15) is 11.6 Å². The van der Waals surface area contributed by atoms with Gasteiger partial charge in [-0.15, -0.1) is 0 Å². The highest BCUT2D eigenvalue weighted by molar-refractivity contribution is 5.61. The Bertz CT molecular complexity index is 908. The number of hydrogen-bond acceptors (Lipinski definition) is 3. The van der Waals surface area contributed by atoms with Crippen LogP contribution in [0.3, 0.4) is 0 Å². The van der Waals surface area contributed by atoms with Gasteiger partial charge in [-0.1, -0.05) is 18.2 Å². The monoisotopic (exact) mass is 351 g/mol. The summed E-state index contributed by atoms with van der Waals surface area (Å²) in [7, 11) is 2.03. The van der Waals surface area contributed by atoms with Gasteiger partial charge in [0.25, 0.3) is 0 Å². The molecule has 0 fully saturated rings. The molecule has 5 heteroatoms. The SMILES string of the molecule is CN1CCC(c2c(F)cccc2F)c2ccc(-c3cccnn3)cc2C1. The summed E-state index contributed by atoms with van der Waals surface area (Å²) in [6.45, 7) is 1.50. The van der Waals surface area contributed by atoms with Gasteiger partial charge >= 0.3 is 0 Å². The highest BCUT2D eigenvalue weighted by atomic mass is 19.1. The van der Waals surface area contributed by atoms with Crippen molar-refractivity contribution < 1.29 is 8.78 Å². The maximum absolute atomic E-state index is 14.4. The molecular weight excluding hydrogens is 332 g/mol. The Morgan fingerprint density at radius 2 is 1.85 bits per heavy atom. The van der Waals surface area contributed by atoms with Crippen molar-refractivity contribution in [1.29, 1.82) is 0 Å². The van der Waals surface area contributed by atoms with E-state index in [9.17, 15) is 8.78 Å². The van der Waals surface area contributed by atoms with Crippen molar-refractivity contribution in [1.82, 2.24) is 15.1 Å². The minimum Gasteiger partial charge on any atom is -0.302 e. The van der Waals surface area contributed by atoms with Crippen LogP contribution in [0.15, 0.2) is 54.7 Å². The predicted molar refractivity (Wildman–Crippen MR) is 96.6 cm³/mol. The van der Waals surface area contributed by atoms with Gasteiger partial charge in [-0.25, -0.2) is 8.78 Å². The summed E-state index contributed by atoms with van der Waals surface area (Å²) in [5.74, 6) is -1.26. The van der Waals surface area contributed by atoms with E-state index >= 15 is 0 Å². The molecule has 1 aliphatic heterocycles. The predicted octanol–water partition coefficient (Wildman–Crippen LogP) is 4.39. The molecule has 1 aromatic heterocycles. The van der Waals surface area contributed by atoms with Gasteiger partial charge in [0.15, 0.2) is 0 Å². The number of hydrogen-bond donors (Lipinski definition) is 0. The van der Waals surface area contributed by atoms with E-state index in [0.29, 0.717) is 6.42 Å². The van der Waals surface area contributed by atoms with Crippen molar-refractivity contribution in [2.24, 2.45) is 0 Å². The molecule has 0 bridgehead atoms. The first-order valence-electron chi connectivity index (χ1n) is 8.67. The zero-order chi connectivity index (χ0) is 18.1. The molecular formula is C21H19F2N3. The average Bonchev–Trinajstić information content (AvgIpc) is 2.80. The van der Waals surface area contributed by atoms with E-state index in [-0.39, 0.29) is 11.5 Å². The quantitative estimate of drug-likeness (QED) is 0.686. The molecule has 0 radical (unpaired) electrons. The molecule has 0 saturated heterocycles. The first kappa shape index (κ1) is 16.8. The van der Waals surface area contributed by atoms with Crippen LogP contribution >= 0.6 is 0 Å². The second kappa shape index (κ2) is 6.92. The highest BCUT2D eigenvalue weighted by Crippen LogP contribution is 2.37. The summed E-state index contributed by atoms with van der Waals surface area (Å²) in [4.78, 5) is 2.18. The van der Waals surface area contributed by atoms with Crippen molar-refractivity contribution in [3.63, 3.8) is 0 Å². The lowest BCUT2D eigenvalue weighted by molar-refractivity contribution is 0.327. The van der Waals surface area contributed by atoms with Crippen LogP contribution in [-0.2, 0) is 6.54 Å². The van der Waals surface area contributed by atoms with Crippen molar-refractivity contribution in [2.75, 3.05) is 13.6 Å². The van der Waals surface area contributed by atoms with Crippen LogP contribution in [0.1, 0.15) is 29.0 Å². The summed E-state index contributed by atoms with van der Waals surface area (Å²) in [6, 6.07) is 13.8. The fourth-order valence-corrected chi connectivity index (χ4v) is 3.72. The molecule has 0 aliphatic carbocycles. The van der Waals surface area contributed by atoms with Gasteiger partial charge in [-0.3, -0.25) is 0 Å². The Balaban J connectivity index is 1.84. The Kier molecular flexibility index (Phi) is 4.47. The molecule has 2 heterocycles. The third-order valence-corrected chi connectivity index (χ3v) is 4.97. The minimum atomic E-state index is -0.483. The van der Waals surface area contributed by atoms with E-state index in [1.54, 1.807) is 6.20 Å². The second-order valence-electron chi connectivity index (χ2n) is 6.74. The Morgan fingerprint density at radius 3 is 2.58 bits per heavy atom. The molecule has 26 heavy (non-hydrogen) atoms.